The summed E-state index contributed by atoms with van der Waals surface area (Å²) in [7, 11) is 0. The van der Waals surface area contributed by atoms with Crippen molar-refractivity contribution in [3.63, 3.8) is 0 Å². The van der Waals surface area contributed by atoms with Gasteiger partial charge in [0, 0.05) is 0 Å². The van der Waals surface area contributed by atoms with Crippen molar-refractivity contribution in [1.29, 1.82) is 0 Å². The van der Waals surface area contributed by atoms with Gasteiger partial charge >= 0.3 is 0 Å². The molecule has 0 bridgehead atoms. The molecule has 2 rings (SSSR count). The summed E-state index contributed by atoms with van der Waals surface area (Å²) in [5.74, 6) is 0.794. The largest absolute Gasteiger partial charge is 0.317 e. The Balaban J connectivity index is 0.00000112. The molecule has 0 unspecified atom stereocenters. The van der Waals surface area contributed by atoms with E-state index in [0.717, 1.165) is 12.3 Å². The molecule has 1 N–H and O–H groups in total. The molecule has 1 aromatic rings. The smallest absolute Gasteiger partial charge is 0.00431 e. The fourth-order valence-electron chi connectivity index (χ4n) is 2.18. The number of hydrogen-bond acceptors (Lipinski definition) is 1. The quantitative estimate of drug-likeness (QED) is 0.789. The van der Waals surface area contributed by atoms with Crippen LogP contribution in [-0.4, -0.2) is 13.1 Å². The third kappa shape index (κ3) is 3.03. The van der Waals surface area contributed by atoms with Crippen molar-refractivity contribution in [3.8, 4) is 0 Å². The fourth-order valence-corrected chi connectivity index (χ4v) is 2.18. The molecule has 0 radical (unpaired) electrons. The van der Waals surface area contributed by atoms with E-state index in [1.54, 1.807) is 0 Å². The highest BCUT2D eigenvalue weighted by atomic mass is 19.0. The van der Waals surface area contributed by atoms with Crippen LogP contribution in [0.25, 0.3) is 0 Å². The van der Waals surface area contributed by atoms with Crippen LogP contribution in [-0.2, 0) is 6.42 Å². The molecule has 1 fully saturated rings. The number of piperidine rings is 1. The fraction of sp³-hybridized carbons (Fsp3) is 0.538. The number of benzene rings is 1. The number of hydrogen-bond donors (Lipinski definition) is 1. The van der Waals surface area contributed by atoms with Crippen LogP contribution in [0.5, 0.6) is 0 Å². The molecule has 0 saturated carbocycles. The molecular weight excluding hydrogens is 189 g/mol. The molecular formula is C13H20FN. The van der Waals surface area contributed by atoms with Crippen LogP contribution < -0.4 is 5.32 Å². The van der Waals surface area contributed by atoms with Gasteiger partial charge in [0.15, 0.2) is 0 Å². The predicted octanol–water partition coefficient (Wildman–Crippen LogP) is 2.87. The summed E-state index contributed by atoms with van der Waals surface area (Å²) in [6, 6.07) is 9.18. The lowest BCUT2D eigenvalue weighted by Gasteiger charge is -2.23. The van der Waals surface area contributed by atoms with Crippen molar-refractivity contribution < 1.29 is 4.70 Å². The third-order valence-corrected chi connectivity index (χ3v) is 3.20. The molecule has 1 aliphatic heterocycles. The molecule has 1 saturated heterocycles. The summed E-state index contributed by atoms with van der Waals surface area (Å²) in [5.41, 5.74) is 2.98. The van der Waals surface area contributed by atoms with Gasteiger partial charge in [-0.05, 0) is 49.4 Å². The second kappa shape index (κ2) is 5.86. The van der Waals surface area contributed by atoms with Gasteiger partial charge in [-0.15, -0.1) is 0 Å². The van der Waals surface area contributed by atoms with Gasteiger partial charge in [-0.1, -0.05) is 31.2 Å². The van der Waals surface area contributed by atoms with Gasteiger partial charge in [0.05, 0.1) is 0 Å². The van der Waals surface area contributed by atoms with E-state index in [2.05, 4.69) is 36.5 Å². The molecule has 0 spiro atoms. The Kier molecular flexibility index (Phi) is 4.76. The van der Waals surface area contributed by atoms with E-state index in [-0.39, 0.29) is 4.70 Å². The average Bonchev–Trinajstić information content (AvgIpc) is 2.30. The lowest BCUT2D eigenvalue weighted by atomic mass is 9.90. The Morgan fingerprint density at radius 3 is 2.27 bits per heavy atom. The van der Waals surface area contributed by atoms with E-state index in [4.69, 9.17) is 0 Å². The molecule has 0 amide bonds. The van der Waals surface area contributed by atoms with Crippen LogP contribution in [0.1, 0.15) is 36.8 Å². The van der Waals surface area contributed by atoms with Gasteiger partial charge in [-0.25, -0.2) is 0 Å². The van der Waals surface area contributed by atoms with Crippen LogP contribution >= 0.6 is 0 Å². The number of rotatable bonds is 2. The Hall–Kier alpha value is -0.890. The van der Waals surface area contributed by atoms with Gasteiger partial charge in [-0.3, -0.25) is 4.70 Å². The van der Waals surface area contributed by atoms with E-state index in [9.17, 15) is 0 Å². The molecule has 2 heteroatoms. The Bertz CT molecular complexity index is 275. The first-order chi connectivity index (χ1) is 6.90. The maximum Gasteiger partial charge on any atom is -0.00431 e. The molecule has 1 aromatic carbocycles. The minimum absolute atomic E-state index is 0. The van der Waals surface area contributed by atoms with Crippen LogP contribution in [0.15, 0.2) is 24.3 Å². The van der Waals surface area contributed by atoms with Crippen LogP contribution in [0.3, 0.4) is 0 Å². The number of nitrogens with one attached hydrogen (secondary N) is 1. The second-order valence-electron chi connectivity index (χ2n) is 4.12. The predicted molar refractivity (Wildman–Crippen MR) is 63.2 cm³/mol. The van der Waals surface area contributed by atoms with Crippen LogP contribution in [0.4, 0.5) is 4.70 Å². The minimum atomic E-state index is 0. The summed E-state index contributed by atoms with van der Waals surface area (Å²) >= 11 is 0. The lowest BCUT2D eigenvalue weighted by Crippen LogP contribution is -2.26. The standard InChI is InChI=1S/C13H19N.FH/c1-2-11-3-5-12(6-4-11)13-7-9-14-10-8-13;/h3-6,13-14H,2,7-10H2,1H3;1H. The summed E-state index contributed by atoms with van der Waals surface area (Å²) in [5, 5.41) is 3.41. The normalized spacial score (nSPS) is 17.1. The first-order valence-corrected chi connectivity index (χ1v) is 5.69. The van der Waals surface area contributed by atoms with Gasteiger partial charge in [0.25, 0.3) is 0 Å². The Morgan fingerprint density at radius 1 is 1.13 bits per heavy atom. The van der Waals surface area contributed by atoms with E-state index in [1.807, 2.05) is 0 Å². The van der Waals surface area contributed by atoms with E-state index in [1.165, 1.54) is 37.1 Å². The second-order valence-corrected chi connectivity index (χ2v) is 4.12. The van der Waals surface area contributed by atoms with Gasteiger partial charge < -0.3 is 5.32 Å². The summed E-state index contributed by atoms with van der Waals surface area (Å²) in [6.45, 7) is 4.57. The molecule has 1 heterocycles. The first-order valence-electron chi connectivity index (χ1n) is 5.69. The van der Waals surface area contributed by atoms with E-state index >= 15 is 0 Å². The minimum Gasteiger partial charge on any atom is -0.317 e. The molecule has 1 aliphatic rings. The zero-order valence-electron chi connectivity index (χ0n) is 9.33. The lowest BCUT2D eigenvalue weighted by molar-refractivity contribution is 0.460. The molecule has 0 atom stereocenters. The molecule has 1 nitrogen and oxygen atoms in total. The topological polar surface area (TPSA) is 12.0 Å². The molecule has 84 valence electrons. The van der Waals surface area contributed by atoms with Gasteiger partial charge in [0.1, 0.15) is 0 Å². The Labute approximate surface area is 91.3 Å². The van der Waals surface area contributed by atoms with E-state index in [0.29, 0.717) is 0 Å². The van der Waals surface area contributed by atoms with Crippen molar-refractivity contribution in [3.05, 3.63) is 35.4 Å². The van der Waals surface area contributed by atoms with Crippen molar-refractivity contribution in [2.24, 2.45) is 0 Å². The van der Waals surface area contributed by atoms with Crippen molar-refractivity contribution in [2.75, 3.05) is 13.1 Å². The average molecular weight is 209 g/mol. The van der Waals surface area contributed by atoms with Gasteiger partial charge in [0.2, 0.25) is 0 Å². The molecule has 0 aromatic heterocycles. The summed E-state index contributed by atoms with van der Waals surface area (Å²) in [4.78, 5) is 0. The molecule has 0 aliphatic carbocycles. The summed E-state index contributed by atoms with van der Waals surface area (Å²) < 4.78 is 0. The third-order valence-electron chi connectivity index (χ3n) is 3.20. The zero-order valence-corrected chi connectivity index (χ0v) is 9.33. The summed E-state index contributed by atoms with van der Waals surface area (Å²) in [6.07, 6.45) is 3.74. The van der Waals surface area contributed by atoms with E-state index < -0.39 is 0 Å². The Morgan fingerprint density at radius 2 is 1.73 bits per heavy atom. The highest BCUT2D eigenvalue weighted by molar-refractivity contribution is 5.25. The van der Waals surface area contributed by atoms with Crippen LogP contribution in [0, 0.1) is 0 Å². The zero-order chi connectivity index (χ0) is 9.80. The number of aryl methyl sites for hydroxylation is 1. The van der Waals surface area contributed by atoms with Crippen LogP contribution in [0.2, 0.25) is 0 Å². The maximum atomic E-state index is 3.41. The highest BCUT2D eigenvalue weighted by Gasteiger charge is 2.14. The van der Waals surface area contributed by atoms with Gasteiger partial charge in [-0.2, -0.15) is 0 Å². The van der Waals surface area contributed by atoms with Crippen molar-refractivity contribution in [1.82, 2.24) is 5.32 Å². The maximum absolute atomic E-state index is 3.41. The highest BCUT2D eigenvalue weighted by Crippen LogP contribution is 2.25. The van der Waals surface area contributed by atoms with Crippen molar-refractivity contribution >= 4 is 0 Å². The SMILES string of the molecule is CCc1ccc(C2CCNCC2)cc1.F. The van der Waals surface area contributed by atoms with Crippen molar-refractivity contribution in [2.45, 2.75) is 32.1 Å². The molecule has 15 heavy (non-hydrogen) atoms. The first kappa shape index (κ1) is 12.2. The number of halogens is 1. The monoisotopic (exact) mass is 209 g/mol.